The Morgan fingerprint density at radius 1 is 0.824 bits per heavy atom. The Balaban J connectivity index is 2.40. The van der Waals surface area contributed by atoms with E-state index in [0.717, 1.165) is 31.3 Å². The lowest BCUT2D eigenvalue weighted by molar-refractivity contribution is -0.136. The normalized spacial score (nSPS) is 20.0. The summed E-state index contributed by atoms with van der Waals surface area (Å²) in [5.74, 6) is -1.76. The molecular weight excluding hydrogens is 448 g/mol. The fourth-order valence-electron chi connectivity index (χ4n) is 4.05. The smallest absolute Gasteiger partial charge is 0.218 e. The minimum Gasteiger partial charge on any atom is -0.510 e. The van der Waals surface area contributed by atoms with Crippen molar-refractivity contribution < 1.29 is 50.3 Å². The fourth-order valence-corrected chi connectivity index (χ4v) is 4.05. The van der Waals surface area contributed by atoms with Gasteiger partial charge in [0, 0.05) is 32.1 Å². The van der Waals surface area contributed by atoms with Crippen LogP contribution >= 0.6 is 0 Å². The lowest BCUT2D eigenvalue weighted by atomic mass is 9.85. The third-order valence-corrected chi connectivity index (χ3v) is 6.06. The van der Waals surface area contributed by atoms with E-state index in [-0.39, 0.29) is 12.8 Å². The van der Waals surface area contributed by atoms with Gasteiger partial charge in [-0.3, -0.25) is 0 Å². The summed E-state index contributed by atoms with van der Waals surface area (Å²) in [6.45, 7) is -0.621. The highest BCUT2D eigenvalue weighted by Gasteiger charge is 2.26. The van der Waals surface area contributed by atoms with Crippen molar-refractivity contribution >= 4 is 0 Å². The molecule has 0 aromatic heterocycles. The van der Waals surface area contributed by atoms with Crippen LogP contribution in [0.1, 0.15) is 77.0 Å². The average Bonchev–Trinajstić information content (AvgIpc) is 2.82. The van der Waals surface area contributed by atoms with Gasteiger partial charge in [-0.25, -0.2) is 0 Å². The molecule has 1 aliphatic rings. The molecule has 1 aliphatic carbocycles. The maximum atomic E-state index is 10.2. The van der Waals surface area contributed by atoms with Crippen LogP contribution in [0.25, 0.3) is 0 Å². The molecule has 0 aromatic rings. The number of hydrogen-bond donors (Lipinski definition) is 8. The number of ether oxygens (including phenoxy) is 2. The molecule has 0 heterocycles. The number of rotatable bonds is 18. The van der Waals surface area contributed by atoms with Crippen LogP contribution in [-0.4, -0.2) is 85.5 Å². The van der Waals surface area contributed by atoms with Gasteiger partial charge in [-0.05, 0) is 12.3 Å². The summed E-state index contributed by atoms with van der Waals surface area (Å²) < 4.78 is 10.3. The van der Waals surface area contributed by atoms with Gasteiger partial charge in [0.1, 0.15) is 18.0 Å². The highest BCUT2D eigenvalue weighted by Crippen LogP contribution is 2.28. The molecule has 10 heteroatoms. The molecule has 0 aromatic carbocycles. The molecule has 200 valence electrons. The standard InChI is InChI=1S/C24H44O10/c25-13-11-18(27)22(30)23(31)24(32)34-20(12-14-26)19(28)16-21(29)33-15-7-2-1-4-8-17-9-5-3-6-10-17/h16-18,20-21,24-32H,1-15H2/b19-16+,23-22+/t18-,20-,21+,24-/m1/s1. The molecular formula is C24H44O10. The first-order valence-corrected chi connectivity index (χ1v) is 12.4. The first kappa shape index (κ1) is 30.6. The topological polar surface area (TPSA) is 180 Å². The predicted molar refractivity (Wildman–Crippen MR) is 125 cm³/mol. The Morgan fingerprint density at radius 3 is 2.12 bits per heavy atom. The monoisotopic (exact) mass is 492 g/mol. The third kappa shape index (κ3) is 12.3. The van der Waals surface area contributed by atoms with Gasteiger partial charge in [-0.2, -0.15) is 0 Å². The van der Waals surface area contributed by atoms with Crippen LogP contribution in [0.3, 0.4) is 0 Å². The van der Waals surface area contributed by atoms with Crippen LogP contribution in [0.4, 0.5) is 0 Å². The Bertz CT molecular complexity index is 588. The Morgan fingerprint density at radius 2 is 1.47 bits per heavy atom. The summed E-state index contributed by atoms with van der Waals surface area (Å²) in [4.78, 5) is 0. The molecule has 34 heavy (non-hydrogen) atoms. The SMILES string of the molecule is OCC[C@@H](O)/C(O)=C(\O)[C@H](O)O[C@H](CCO)/C(O)=C\[C@@H](O)OCCCCCCC1CCCCC1. The Labute approximate surface area is 201 Å². The van der Waals surface area contributed by atoms with Gasteiger partial charge in [0.25, 0.3) is 0 Å². The molecule has 1 saturated carbocycles. The number of hydrogen-bond acceptors (Lipinski definition) is 10. The van der Waals surface area contributed by atoms with Gasteiger partial charge in [0.05, 0.1) is 6.61 Å². The van der Waals surface area contributed by atoms with E-state index in [1.165, 1.54) is 44.9 Å². The molecule has 1 fully saturated rings. The lowest BCUT2D eigenvalue weighted by Crippen LogP contribution is -2.29. The summed E-state index contributed by atoms with van der Waals surface area (Å²) in [7, 11) is 0. The second-order valence-corrected chi connectivity index (χ2v) is 8.85. The van der Waals surface area contributed by atoms with Gasteiger partial charge in [0.15, 0.2) is 17.8 Å². The second-order valence-electron chi connectivity index (χ2n) is 8.85. The van der Waals surface area contributed by atoms with Crippen LogP contribution in [-0.2, 0) is 9.47 Å². The zero-order valence-corrected chi connectivity index (χ0v) is 20.0. The highest BCUT2D eigenvalue weighted by atomic mass is 16.6. The van der Waals surface area contributed by atoms with E-state index < -0.39 is 55.3 Å². The first-order valence-electron chi connectivity index (χ1n) is 12.4. The molecule has 0 saturated heterocycles. The molecule has 4 atom stereocenters. The molecule has 0 aliphatic heterocycles. The van der Waals surface area contributed by atoms with Crippen LogP contribution in [0.2, 0.25) is 0 Å². The molecule has 1 rings (SSSR count). The minimum atomic E-state index is -2.13. The van der Waals surface area contributed by atoms with Gasteiger partial charge in [-0.15, -0.1) is 0 Å². The van der Waals surface area contributed by atoms with E-state index in [2.05, 4.69) is 0 Å². The summed E-state index contributed by atoms with van der Waals surface area (Å²) in [5.41, 5.74) is 0. The minimum absolute atomic E-state index is 0.194. The molecule has 8 N–H and O–H groups in total. The molecule has 0 bridgehead atoms. The van der Waals surface area contributed by atoms with Crippen molar-refractivity contribution in [2.45, 2.75) is 102 Å². The van der Waals surface area contributed by atoms with Crippen LogP contribution < -0.4 is 0 Å². The van der Waals surface area contributed by atoms with E-state index in [9.17, 15) is 35.7 Å². The van der Waals surface area contributed by atoms with Crippen molar-refractivity contribution in [1.29, 1.82) is 0 Å². The van der Waals surface area contributed by atoms with Crippen molar-refractivity contribution in [2.24, 2.45) is 5.92 Å². The molecule has 0 unspecified atom stereocenters. The third-order valence-electron chi connectivity index (χ3n) is 6.06. The quantitative estimate of drug-likeness (QED) is 0.0804. The van der Waals surface area contributed by atoms with E-state index in [0.29, 0.717) is 6.61 Å². The summed E-state index contributed by atoms with van der Waals surface area (Å²) >= 11 is 0. The highest BCUT2D eigenvalue weighted by molar-refractivity contribution is 5.07. The van der Waals surface area contributed by atoms with Gasteiger partial charge in [0.2, 0.25) is 6.29 Å². The van der Waals surface area contributed by atoms with Crippen molar-refractivity contribution in [1.82, 2.24) is 0 Å². The summed E-state index contributed by atoms with van der Waals surface area (Å²) in [5, 5.41) is 77.1. The molecule has 10 nitrogen and oxygen atoms in total. The van der Waals surface area contributed by atoms with E-state index >= 15 is 0 Å². The summed E-state index contributed by atoms with van der Waals surface area (Å²) in [6.07, 6.45) is 6.08. The van der Waals surface area contributed by atoms with E-state index in [4.69, 9.17) is 14.6 Å². The second kappa shape index (κ2) is 18.0. The average molecular weight is 493 g/mol. The Hall–Kier alpha value is -1.40. The fraction of sp³-hybridized carbons (Fsp3) is 0.833. The maximum Gasteiger partial charge on any atom is 0.218 e. The molecule has 0 radical (unpaired) electrons. The van der Waals surface area contributed by atoms with E-state index in [1.54, 1.807) is 0 Å². The van der Waals surface area contributed by atoms with Crippen LogP contribution in [0, 0.1) is 5.92 Å². The Kier molecular flexibility index (Phi) is 16.2. The summed E-state index contributed by atoms with van der Waals surface area (Å²) in [6, 6.07) is 0. The largest absolute Gasteiger partial charge is 0.510 e. The van der Waals surface area contributed by atoms with E-state index in [1.807, 2.05) is 0 Å². The van der Waals surface area contributed by atoms with Gasteiger partial charge >= 0.3 is 0 Å². The van der Waals surface area contributed by atoms with Crippen molar-refractivity contribution in [2.75, 3.05) is 19.8 Å². The van der Waals surface area contributed by atoms with Gasteiger partial charge in [-0.1, -0.05) is 57.8 Å². The first-order chi connectivity index (χ1) is 16.3. The van der Waals surface area contributed by atoms with Gasteiger partial charge < -0.3 is 50.3 Å². The maximum absolute atomic E-state index is 10.2. The van der Waals surface area contributed by atoms with Crippen molar-refractivity contribution in [3.63, 3.8) is 0 Å². The number of aliphatic hydroxyl groups is 8. The van der Waals surface area contributed by atoms with Crippen LogP contribution in [0.15, 0.2) is 23.4 Å². The molecule has 0 amide bonds. The zero-order valence-electron chi connectivity index (χ0n) is 20.0. The predicted octanol–water partition coefficient (Wildman–Crippen LogP) is 2.45. The van der Waals surface area contributed by atoms with Crippen molar-refractivity contribution in [3.05, 3.63) is 23.4 Å². The van der Waals surface area contributed by atoms with Crippen molar-refractivity contribution in [3.8, 4) is 0 Å². The number of unbranched alkanes of at least 4 members (excludes halogenated alkanes) is 3. The lowest BCUT2D eigenvalue weighted by Gasteiger charge is -2.22. The number of aliphatic hydroxyl groups excluding tert-OH is 8. The zero-order chi connectivity index (χ0) is 25.3. The molecule has 0 spiro atoms. The van der Waals surface area contributed by atoms with Crippen LogP contribution in [0.5, 0.6) is 0 Å².